The van der Waals surface area contributed by atoms with Gasteiger partial charge in [-0.2, -0.15) is 0 Å². The Kier molecular flexibility index (Phi) is 1.84. The molecule has 80 valence electrons. The minimum absolute atomic E-state index is 0.0868. The average Bonchev–Trinajstić information content (AvgIpc) is 2.31. The van der Waals surface area contributed by atoms with Crippen LogP contribution in [0.2, 0.25) is 0 Å². The van der Waals surface area contributed by atoms with Gasteiger partial charge < -0.3 is 5.11 Å². The van der Waals surface area contributed by atoms with Gasteiger partial charge in [0.25, 0.3) is 0 Å². The van der Waals surface area contributed by atoms with Crippen LogP contribution in [0.3, 0.4) is 0 Å². The Balaban J connectivity index is 2.48. The lowest BCUT2D eigenvalue weighted by molar-refractivity contribution is 0.294. The first-order valence-corrected chi connectivity index (χ1v) is 5.03. The third kappa shape index (κ3) is 1.17. The first kappa shape index (κ1) is 9.18. The zero-order valence-corrected chi connectivity index (χ0v) is 8.46. The SMILES string of the molecule is Oc1cc2c(c3c1N=CCC=3)=CC=CN2O. The van der Waals surface area contributed by atoms with Crippen LogP contribution in [0.4, 0.5) is 11.4 Å². The number of nitrogens with zero attached hydrogens (tertiary/aromatic N) is 2. The van der Waals surface area contributed by atoms with Crippen molar-refractivity contribution in [2.75, 3.05) is 5.06 Å². The molecule has 4 nitrogen and oxygen atoms in total. The van der Waals surface area contributed by atoms with E-state index in [9.17, 15) is 10.3 Å². The third-order valence-corrected chi connectivity index (χ3v) is 2.72. The number of hydrogen-bond donors (Lipinski definition) is 2. The lowest BCUT2D eigenvalue weighted by atomic mass is 10.1. The van der Waals surface area contributed by atoms with Crippen LogP contribution in [0, 0.1) is 0 Å². The summed E-state index contributed by atoms with van der Waals surface area (Å²) in [7, 11) is 0. The van der Waals surface area contributed by atoms with Gasteiger partial charge in [-0.15, -0.1) is 0 Å². The minimum Gasteiger partial charge on any atom is -0.506 e. The number of phenols is 1. The van der Waals surface area contributed by atoms with Crippen LogP contribution in [0.1, 0.15) is 6.42 Å². The number of aromatic hydroxyl groups is 1. The van der Waals surface area contributed by atoms with E-state index in [1.165, 1.54) is 12.3 Å². The first-order chi connectivity index (χ1) is 7.77. The van der Waals surface area contributed by atoms with Crippen molar-refractivity contribution >= 4 is 29.7 Å². The van der Waals surface area contributed by atoms with Crippen molar-refractivity contribution in [2.45, 2.75) is 6.42 Å². The summed E-state index contributed by atoms with van der Waals surface area (Å²) in [6.45, 7) is 0. The Morgan fingerprint density at radius 3 is 3.06 bits per heavy atom. The molecule has 2 aliphatic heterocycles. The molecular weight excluding hydrogens is 204 g/mol. The van der Waals surface area contributed by atoms with Crippen molar-refractivity contribution < 1.29 is 10.3 Å². The molecule has 0 aromatic heterocycles. The molecule has 0 atom stereocenters. The van der Waals surface area contributed by atoms with E-state index in [4.69, 9.17) is 0 Å². The number of benzene rings is 1. The van der Waals surface area contributed by atoms with Crippen molar-refractivity contribution in [3.63, 3.8) is 0 Å². The molecular formula is C12H10N2O2. The van der Waals surface area contributed by atoms with Gasteiger partial charge in [-0.1, -0.05) is 12.2 Å². The summed E-state index contributed by atoms with van der Waals surface area (Å²) in [4.78, 5) is 4.18. The van der Waals surface area contributed by atoms with Gasteiger partial charge in [0.05, 0.1) is 5.69 Å². The number of aliphatic imine (C=N–C) groups is 1. The fourth-order valence-corrected chi connectivity index (χ4v) is 2.00. The second-order valence-corrected chi connectivity index (χ2v) is 3.70. The maximum absolute atomic E-state index is 9.82. The van der Waals surface area contributed by atoms with Crippen LogP contribution in [-0.2, 0) is 0 Å². The largest absolute Gasteiger partial charge is 0.506 e. The number of rotatable bonds is 0. The van der Waals surface area contributed by atoms with E-state index < -0.39 is 0 Å². The quantitative estimate of drug-likeness (QED) is 0.671. The number of allylic oxidation sites excluding steroid dienone is 1. The van der Waals surface area contributed by atoms with E-state index in [0.717, 1.165) is 21.9 Å². The summed E-state index contributed by atoms with van der Waals surface area (Å²) in [6, 6.07) is 1.52. The Labute approximate surface area is 91.7 Å². The molecule has 0 fully saturated rings. The molecule has 0 radical (unpaired) electrons. The van der Waals surface area contributed by atoms with Gasteiger partial charge in [0.1, 0.15) is 11.4 Å². The molecule has 3 rings (SSSR count). The summed E-state index contributed by atoms with van der Waals surface area (Å²) in [5.41, 5.74) is 1.15. The smallest absolute Gasteiger partial charge is 0.143 e. The standard InChI is InChI=1S/C12H10N2O2/c15-11-7-10-8(4-2-6-14(10)16)9-3-1-5-13-12(9)11/h2-7,15-16H,1H2. The van der Waals surface area contributed by atoms with Crippen LogP contribution < -0.4 is 15.5 Å². The summed E-state index contributed by atoms with van der Waals surface area (Å²) in [5.74, 6) is 0.0868. The average molecular weight is 214 g/mol. The van der Waals surface area contributed by atoms with Crippen molar-refractivity contribution in [1.29, 1.82) is 0 Å². The number of fused-ring (bicyclic) bond motifs is 3. The van der Waals surface area contributed by atoms with Crippen LogP contribution in [-0.4, -0.2) is 16.5 Å². The number of hydrogen-bond acceptors (Lipinski definition) is 4. The lowest BCUT2D eigenvalue weighted by Crippen LogP contribution is -2.33. The normalized spacial score (nSPS) is 16.2. The number of hydroxylamine groups is 1. The molecule has 0 saturated heterocycles. The highest BCUT2D eigenvalue weighted by atomic mass is 16.5. The molecule has 2 aliphatic rings. The van der Waals surface area contributed by atoms with Gasteiger partial charge in [0, 0.05) is 35.3 Å². The van der Waals surface area contributed by atoms with Crippen LogP contribution in [0.25, 0.3) is 12.2 Å². The van der Waals surface area contributed by atoms with Gasteiger partial charge in [-0.05, 0) is 6.08 Å². The maximum Gasteiger partial charge on any atom is 0.143 e. The predicted octanol–water partition coefficient (Wildman–Crippen LogP) is 0.782. The molecule has 1 aromatic carbocycles. The zero-order valence-electron chi connectivity index (χ0n) is 8.46. The fraction of sp³-hybridized carbons (Fsp3) is 0.0833. The topological polar surface area (TPSA) is 56.1 Å². The minimum atomic E-state index is 0.0868. The highest BCUT2D eigenvalue weighted by molar-refractivity contribution is 5.79. The molecule has 0 unspecified atom stereocenters. The van der Waals surface area contributed by atoms with E-state index >= 15 is 0 Å². The van der Waals surface area contributed by atoms with Gasteiger partial charge in [-0.25, -0.2) is 5.06 Å². The van der Waals surface area contributed by atoms with E-state index in [0.29, 0.717) is 11.4 Å². The summed E-state index contributed by atoms with van der Waals surface area (Å²) < 4.78 is 0. The highest BCUT2D eigenvalue weighted by Crippen LogP contribution is 2.26. The Bertz CT molecular complexity index is 629. The Morgan fingerprint density at radius 2 is 2.19 bits per heavy atom. The highest BCUT2D eigenvalue weighted by Gasteiger charge is 2.13. The van der Waals surface area contributed by atoms with Gasteiger partial charge in [-0.3, -0.25) is 10.2 Å². The van der Waals surface area contributed by atoms with Crippen LogP contribution in [0.15, 0.2) is 23.3 Å². The van der Waals surface area contributed by atoms with E-state index in [-0.39, 0.29) is 5.75 Å². The van der Waals surface area contributed by atoms with Crippen LogP contribution >= 0.6 is 0 Å². The monoisotopic (exact) mass is 214 g/mol. The van der Waals surface area contributed by atoms with Crippen molar-refractivity contribution in [1.82, 2.24) is 0 Å². The molecule has 4 heteroatoms. The Morgan fingerprint density at radius 1 is 1.31 bits per heavy atom. The zero-order chi connectivity index (χ0) is 11.1. The lowest BCUT2D eigenvalue weighted by Gasteiger charge is -2.18. The Hall–Kier alpha value is -2.07. The third-order valence-electron chi connectivity index (χ3n) is 2.72. The predicted molar refractivity (Wildman–Crippen MR) is 62.5 cm³/mol. The maximum atomic E-state index is 9.82. The molecule has 0 bridgehead atoms. The van der Waals surface area contributed by atoms with Gasteiger partial charge >= 0.3 is 0 Å². The summed E-state index contributed by atoms with van der Waals surface area (Å²) in [5, 5.41) is 22.2. The molecule has 0 amide bonds. The molecule has 0 aliphatic carbocycles. The summed E-state index contributed by atoms with van der Waals surface area (Å²) in [6.07, 6.45) is 9.67. The molecule has 0 saturated carbocycles. The van der Waals surface area contributed by atoms with E-state index in [1.54, 1.807) is 12.3 Å². The van der Waals surface area contributed by atoms with Crippen LogP contribution in [0.5, 0.6) is 5.75 Å². The molecule has 2 N–H and O–H groups in total. The molecule has 16 heavy (non-hydrogen) atoms. The second kappa shape index (κ2) is 3.21. The van der Waals surface area contributed by atoms with E-state index in [2.05, 4.69) is 4.99 Å². The fourth-order valence-electron chi connectivity index (χ4n) is 2.00. The first-order valence-electron chi connectivity index (χ1n) is 5.03. The van der Waals surface area contributed by atoms with Crippen molar-refractivity contribution in [3.05, 3.63) is 28.8 Å². The molecule has 2 heterocycles. The van der Waals surface area contributed by atoms with Gasteiger partial charge in [0.15, 0.2) is 0 Å². The van der Waals surface area contributed by atoms with Crippen molar-refractivity contribution in [2.24, 2.45) is 4.99 Å². The van der Waals surface area contributed by atoms with Crippen molar-refractivity contribution in [3.8, 4) is 5.75 Å². The molecule has 1 aromatic rings. The number of anilines is 1. The number of phenolic OH excluding ortho intramolecular Hbond substituents is 1. The molecule has 0 spiro atoms. The summed E-state index contributed by atoms with van der Waals surface area (Å²) >= 11 is 0. The van der Waals surface area contributed by atoms with E-state index in [1.807, 2.05) is 12.2 Å². The second-order valence-electron chi connectivity index (χ2n) is 3.70. The van der Waals surface area contributed by atoms with Gasteiger partial charge in [0.2, 0.25) is 0 Å².